The molecule has 0 saturated carbocycles. The zero-order valence-electron chi connectivity index (χ0n) is 12.6. The number of hydrogen-bond acceptors (Lipinski definition) is 5. The van der Waals surface area contributed by atoms with Gasteiger partial charge in [-0.25, -0.2) is 0 Å². The van der Waals surface area contributed by atoms with Crippen molar-refractivity contribution in [3.05, 3.63) is 35.7 Å². The minimum Gasteiger partial charge on any atom is -0.481 e. The number of hydrogen-bond donors (Lipinski definition) is 1. The minimum absolute atomic E-state index is 0.116. The number of carbonyl (C=O) groups is 2. The maximum Gasteiger partial charge on any atom is 0.308 e. The molecule has 0 saturated heterocycles. The molecule has 1 aromatic heterocycles. The van der Waals surface area contributed by atoms with Crippen molar-refractivity contribution < 1.29 is 19.2 Å². The quantitative estimate of drug-likeness (QED) is 0.905. The highest BCUT2D eigenvalue weighted by Gasteiger charge is 2.22. The molecular weight excluding hydrogens is 286 g/mol. The van der Waals surface area contributed by atoms with E-state index < -0.39 is 11.9 Å². The molecule has 0 aliphatic rings. The summed E-state index contributed by atoms with van der Waals surface area (Å²) in [4.78, 5) is 29.0. The predicted octanol–water partition coefficient (Wildman–Crippen LogP) is 1.84. The molecule has 0 aliphatic heterocycles. The summed E-state index contributed by atoms with van der Waals surface area (Å²) in [6, 6.07) is 6.87. The van der Waals surface area contributed by atoms with Crippen LogP contribution in [-0.4, -0.2) is 45.6 Å². The predicted molar refractivity (Wildman–Crippen MR) is 78.2 cm³/mol. The number of aromatic nitrogens is 2. The second-order valence-corrected chi connectivity index (χ2v) is 5.12. The molecule has 0 bridgehead atoms. The van der Waals surface area contributed by atoms with Crippen LogP contribution in [0.4, 0.5) is 0 Å². The van der Waals surface area contributed by atoms with Gasteiger partial charge in [0.2, 0.25) is 0 Å². The van der Waals surface area contributed by atoms with E-state index in [1.165, 1.54) is 4.90 Å². The number of nitrogens with zero attached hydrogens (tertiary/aromatic N) is 3. The van der Waals surface area contributed by atoms with Gasteiger partial charge in [-0.1, -0.05) is 24.2 Å². The van der Waals surface area contributed by atoms with Crippen LogP contribution in [0.15, 0.2) is 28.8 Å². The smallest absolute Gasteiger partial charge is 0.308 e. The molecule has 2 rings (SSSR count). The second-order valence-electron chi connectivity index (χ2n) is 5.12. The minimum atomic E-state index is -0.944. The van der Waals surface area contributed by atoms with Gasteiger partial charge in [0, 0.05) is 13.6 Å². The molecule has 0 aliphatic carbocycles. The summed E-state index contributed by atoms with van der Waals surface area (Å²) in [6.45, 7) is 3.36. The van der Waals surface area contributed by atoms with Crippen LogP contribution in [0.2, 0.25) is 0 Å². The zero-order chi connectivity index (χ0) is 16.3. The SMILES string of the molecule is Cc1noc(-c2ccccc2C(=O)N(C)CC(C)C(=O)O)n1. The maximum atomic E-state index is 12.5. The van der Waals surface area contributed by atoms with Crippen LogP contribution >= 0.6 is 0 Å². The van der Waals surface area contributed by atoms with Crippen LogP contribution in [0.1, 0.15) is 23.1 Å². The van der Waals surface area contributed by atoms with E-state index in [0.717, 1.165) is 0 Å². The number of aliphatic carboxylic acids is 1. The Morgan fingerprint density at radius 3 is 2.64 bits per heavy atom. The average molecular weight is 303 g/mol. The third kappa shape index (κ3) is 3.30. The number of carboxylic acid groups (broad SMARTS) is 1. The summed E-state index contributed by atoms with van der Waals surface area (Å²) in [7, 11) is 1.57. The summed E-state index contributed by atoms with van der Waals surface area (Å²) < 4.78 is 5.11. The molecule has 0 radical (unpaired) electrons. The largest absolute Gasteiger partial charge is 0.481 e. The number of carbonyl (C=O) groups excluding carboxylic acids is 1. The van der Waals surface area contributed by atoms with Gasteiger partial charge in [-0.05, 0) is 19.1 Å². The molecule has 7 heteroatoms. The van der Waals surface area contributed by atoms with Crippen LogP contribution in [-0.2, 0) is 4.79 Å². The van der Waals surface area contributed by atoms with Crippen molar-refractivity contribution in [2.24, 2.45) is 5.92 Å². The Bertz CT molecular complexity index is 696. The van der Waals surface area contributed by atoms with Crippen molar-refractivity contribution >= 4 is 11.9 Å². The van der Waals surface area contributed by atoms with Crippen LogP contribution in [0.5, 0.6) is 0 Å². The molecule has 116 valence electrons. The first-order valence-corrected chi connectivity index (χ1v) is 6.78. The summed E-state index contributed by atoms with van der Waals surface area (Å²) in [6.07, 6.45) is 0. The first-order chi connectivity index (χ1) is 10.4. The Balaban J connectivity index is 2.29. The van der Waals surface area contributed by atoms with Gasteiger partial charge in [-0.15, -0.1) is 0 Å². The summed E-state index contributed by atoms with van der Waals surface area (Å²) in [5.74, 6) is -1.14. The Kier molecular flexibility index (Phi) is 4.55. The Morgan fingerprint density at radius 2 is 2.05 bits per heavy atom. The third-order valence-electron chi connectivity index (χ3n) is 3.23. The number of carboxylic acids is 1. The molecule has 1 aromatic carbocycles. The van der Waals surface area contributed by atoms with Crippen molar-refractivity contribution in [3.63, 3.8) is 0 Å². The Labute approximate surface area is 127 Å². The van der Waals surface area contributed by atoms with Crippen molar-refractivity contribution in [3.8, 4) is 11.5 Å². The highest BCUT2D eigenvalue weighted by Crippen LogP contribution is 2.23. The Morgan fingerprint density at radius 1 is 1.36 bits per heavy atom. The standard InChI is InChI=1S/C15H17N3O4/c1-9(15(20)21)8-18(3)14(19)12-7-5-4-6-11(12)13-16-10(2)17-22-13/h4-7,9H,8H2,1-3H3,(H,20,21). The van der Waals surface area contributed by atoms with Crippen LogP contribution < -0.4 is 0 Å². The van der Waals surface area contributed by atoms with Crippen LogP contribution in [0.3, 0.4) is 0 Å². The summed E-state index contributed by atoms with van der Waals surface area (Å²) in [5, 5.41) is 12.7. The van der Waals surface area contributed by atoms with E-state index in [2.05, 4.69) is 10.1 Å². The van der Waals surface area contributed by atoms with E-state index in [1.807, 2.05) is 0 Å². The fourth-order valence-corrected chi connectivity index (χ4v) is 2.04. The molecule has 1 unspecified atom stereocenters. The van der Waals surface area contributed by atoms with E-state index in [-0.39, 0.29) is 18.3 Å². The lowest BCUT2D eigenvalue weighted by atomic mass is 10.1. The zero-order valence-corrected chi connectivity index (χ0v) is 12.6. The fraction of sp³-hybridized carbons (Fsp3) is 0.333. The van der Waals surface area contributed by atoms with Gasteiger partial charge in [0.1, 0.15) is 0 Å². The summed E-state index contributed by atoms with van der Waals surface area (Å²) >= 11 is 0. The second kappa shape index (κ2) is 6.38. The van der Waals surface area contributed by atoms with Gasteiger partial charge in [0.05, 0.1) is 17.0 Å². The normalized spacial score (nSPS) is 12.0. The fourth-order valence-electron chi connectivity index (χ4n) is 2.04. The van der Waals surface area contributed by atoms with Gasteiger partial charge < -0.3 is 14.5 Å². The topological polar surface area (TPSA) is 96.5 Å². The van der Waals surface area contributed by atoms with Gasteiger partial charge in [0.15, 0.2) is 5.82 Å². The lowest BCUT2D eigenvalue weighted by molar-refractivity contribution is -0.141. The summed E-state index contributed by atoms with van der Waals surface area (Å²) in [5.41, 5.74) is 0.925. The van der Waals surface area contributed by atoms with Gasteiger partial charge >= 0.3 is 5.97 Å². The van der Waals surface area contributed by atoms with E-state index in [9.17, 15) is 9.59 Å². The maximum absolute atomic E-state index is 12.5. The highest BCUT2D eigenvalue weighted by molar-refractivity contribution is 6.00. The molecule has 1 atom stereocenters. The van der Waals surface area contributed by atoms with Gasteiger partial charge in [-0.3, -0.25) is 9.59 Å². The van der Waals surface area contributed by atoms with E-state index in [0.29, 0.717) is 17.0 Å². The van der Waals surface area contributed by atoms with Crippen LogP contribution in [0, 0.1) is 12.8 Å². The van der Waals surface area contributed by atoms with Crippen LogP contribution in [0.25, 0.3) is 11.5 Å². The molecular formula is C15H17N3O4. The average Bonchev–Trinajstić information content (AvgIpc) is 2.92. The van der Waals surface area contributed by atoms with Gasteiger partial charge in [0.25, 0.3) is 11.8 Å². The van der Waals surface area contributed by atoms with E-state index in [4.69, 9.17) is 9.63 Å². The van der Waals surface area contributed by atoms with E-state index in [1.54, 1.807) is 45.2 Å². The monoisotopic (exact) mass is 303 g/mol. The number of amides is 1. The number of benzene rings is 1. The Hall–Kier alpha value is -2.70. The molecule has 0 fully saturated rings. The molecule has 0 spiro atoms. The highest BCUT2D eigenvalue weighted by atomic mass is 16.5. The molecule has 2 aromatic rings. The van der Waals surface area contributed by atoms with E-state index >= 15 is 0 Å². The van der Waals surface area contributed by atoms with Crippen molar-refractivity contribution in [2.75, 3.05) is 13.6 Å². The lowest BCUT2D eigenvalue weighted by Gasteiger charge is -2.20. The van der Waals surface area contributed by atoms with Gasteiger partial charge in [-0.2, -0.15) is 4.98 Å². The molecule has 1 N–H and O–H groups in total. The van der Waals surface area contributed by atoms with Crippen molar-refractivity contribution in [1.82, 2.24) is 15.0 Å². The van der Waals surface area contributed by atoms with Crippen molar-refractivity contribution in [1.29, 1.82) is 0 Å². The van der Waals surface area contributed by atoms with Crippen molar-refractivity contribution in [2.45, 2.75) is 13.8 Å². The molecule has 1 heterocycles. The molecule has 22 heavy (non-hydrogen) atoms. The first kappa shape index (κ1) is 15.7. The number of aryl methyl sites for hydroxylation is 1. The first-order valence-electron chi connectivity index (χ1n) is 6.78. The lowest BCUT2D eigenvalue weighted by Crippen LogP contribution is -2.33. The molecule has 1 amide bonds. The third-order valence-corrected chi connectivity index (χ3v) is 3.23. The molecule has 7 nitrogen and oxygen atoms in total. The number of rotatable bonds is 5.